The molecule has 0 heterocycles. The third-order valence-electron chi connectivity index (χ3n) is 2.67. The molecular weight excluding hydrogens is 168 g/mol. The summed E-state index contributed by atoms with van der Waals surface area (Å²) in [5, 5.41) is 0. The standard InChI is InChI=1S/C10H16O3/c1-7(10(12)13-2)6-8-4-3-5-9(8)11/h7-8H,3-6H2,1-2H3/t7-,8?/m0/s1. The molecule has 0 saturated heterocycles. The van der Waals surface area contributed by atoms with E-state index >= 15 is 0 Å². The van der Waals surface area contributed by atoms with Crippen molar-refractivity contribution in [1.29, 1.82) is 0 Å². The highest BCUT2D eigenvalue weighted by atomic mass is 16.5. The number of hydrogen-bond acceptors (Lipinski definition) is 3. The van der Waals surface area contributed by atoms with Gasteiger partial charge >= 0.3 is 5.97 Å². The van der Waals surface area contributed by atoms with Crippen LogP contribution in [0.5, 0.6) is 0 Å². The van der Waals surface area contributed by atoms with Crippen LogP contribution in [0.1, 0.15) is 32.6 Å². The van der Waals surface area contributed by atoms with Crippen LogP contribution in [0.3, 0.4) is 0 Å². The highest BCUT2D eigenvalue weighted by Crippen LogP contribution is 2.27. The molecule has 0 aromatic heterocycles. The molecule has 0 aromatic carbocycles. The fourth-order valence-electron chi connectivity index (χ4n) is 1.86. The first-order valence-corrected chi connectivity index (χ1v) is 4.75. The van der Waals surface area contributed by atoms with Gasteiger partial charge in [-0.25, -0.2) is 0 Å². The van der Waals surface area contributed by atoms with Gasteiger partial charge in [0, 0.05) is 12.3 Å². The van der Waals surface area contributed by atoms with Gasteiger partial charge in [-0.2, -0.15) is 0 Å². The first kappa shape index (κ1) is 10.2. The molecule has 3 heteroatoms. The van der Waals surface area contributed by atoms with Gasteiger partial charge in [-0.15, -0.1) is 0 Å². The van der Waals surface area contributed by atoms with Crippen molar-refractivity contribution in [2.75, 3.05) is 7.11 Å². The molecule has 0 N–H and O–H groups in total. The zero-order valence-corrected chi connectivity index (χ0v) is 8.21. The van der Waals surface area contributed by atoms with Gasteiger partial charge in [0.2, 0.25) is 0 Å². The Morgan fingerprint density at radius 1 is 1.69 bits per heavy atom. The van der Waals surface area contributed by atoms with E-state index in [1.165, 1.54) is 7.11 Å². The number of rotatable bonds is 3. The maximum absolute atomic E-state index is 11.3. The summed E-state index contributed by atoms with van der Waals surface area (Å²) in [7, 11) is 1.38. The number of carbonyl (C=O) groups excluding carboxylic acids is 2. The third-order valence-corrected chi connectivity index (χ3v) is 2.67. The van der Waals surface area contributed by atoms with Crippen molar-refractivity contribution in [1.82, 2.24) is 0 Å². The van der Waals surface area contributed by atoms with E-state index in [2.05, 4.69) is 4.74 Å². The molecule has 3 nitrogen and oxygen atoms in total. The van der Waals surface area contributed by atoms with Crippen LogP contribution in [0.2, 0.25) is 0 Å². The van der Waals surface area contributed by atoms with Crippen molar-refractivity contribution in [3.63, 3.8) is 0 Å². The second-order valence-corrected chi connectivity index (χ2v) is 3.72. The smallest absolute Gasteiger partial charge is 0.308 e. The molecule has 1 saturated carbocycles. The first-order valence-electron chi connectivity index (χ1n) is 4.75. The molecule has 2 atom stereocenters. The number of methoxy groups -OCH3 is 1. The lowest BCUT2D eigenvalue weighted by Crippen LogP contribution is -2.18. The molecule has 0 aliphatic heterocycles. The monoisotopic (exact) mass is 184 g/mol. The van der Waals surface area contributed by atoms with Crippen molar-refractivity contribution in [3.05, 3.63) is 0 Å². The van der Waals surface area contributed by atoms with Gasteiger partial charge in [-0.3, -0.25) is 9.59 Å². The predicted octanol–water partition coefficient (Wildman–Crippen LogP) is 1.55. The summed E-state index contributed by atoms with van der Waals surface area (Å²) in [5.41, 5.74) is 0. The molecule has 1 aliphatic rings. The zero-order chi connectivity index (χ0) is 9.84. The predicted molar refractivity (Wildman–Crippen MR) is 48.1 cm³/mol. The number of carbonyl (C=O) groups is 2. The van der Waals surface area contributed by atoms with Crippen LogP contribution in [0.25, 0.3) is 0 Å². The van der Waals surface area contributed by atoms with E-state index in [1.54, 1.807) is 0 Å². The van der Waals surface area contributed by atoms with E-state index < -0.39 is 0 Å². The summed E-state index contributed by atoms with van der Waals surface area (Å²) in [6, 6.07) is 0. The summed E-state index contributed by atoms with van der Waals surface area (Å²) in [6.07, 6.45) is 3.28. The minimum absolute atomic E-state index is 0.106. The Labute approximate surface area is 78.5 Å². The second kappa shape index (κ2) is 4.40. The number of ketones is 1. The summed E-state index contributed by atoms with van der Waals surface area (Å²) >= 11 is 0. The van der Waals surface area contributed by atoms with Gasteiger partial charge in [-0.05, 0) is 19.3 Å². The molecule has 1 aliphatic carbocycles. The van der Waals surface area contributed by atoms with Gasteiger partial charge in [0.05, 0.1) is 13.0 Å². The van der Waals surface area contributed by atoms with Crippen LogP contribution < -0.4 is 0 Å². The molecular formula is C10H16O3. The Kier molecular flexibility index (Phi) is 3.46. The maximum Gasteiger partial charge on any atom is 0.308 e. The van der Waals surface area contributed by atoms with Crippen molar-refractivity contribution in [3.8, 4) is 0 Å². The quantitative estimate of drug-likeness (QED) is 0.625. The molecule has 0 spiro atoms. The van der Waals surface area contributed by atoms with Crippen molar-refractivity contribution < 1.29 is 14.3 Å². The van der Waals surface area contributed by atoms with Gasteiger partial charge in [0.25, 0.3) is 0 Å². The maximum atomic E-state index is 11.3. The van der Waals surface area contributed by atoms with Crippen molar-refractivity contribution in [2.45, 2.75) is 32.6 Å². The molecule has 13 heavy (non-hydrogen) atoms. The lowest BCUT2D eigenvalue weighted by Gasteiger charge is -2.12. The lowest BCUT2D eigenvalue weighted by atomic mass is 9.94. The molecule has 1 unspecified atom stereocenters. The Morgan fingerprint density at radius 3 is 2.85 bits per heavy atom. The summed E-state index contributed by atoms with van der Waals surface area (Å²) in [4.78, 5) is 22.3. The fourth-order valence-corrected chi connectivity index (χ4v) is 1.86. The molecule has 0 radical (unpaired) electrons. The molecule has 1 rings (SSSR count). The normalized spacial score (nSPS) is 24.5. The van der Waals surface area contributed by atoms with Gasteiger partial charge in [-0.1, -0.05) is 6.92 Å². The van der Waals surface area contributed by atoms with Crippen LogP contribution in [0, 0.1) is 11.8 Å². The van der Waals surface area contributed by atoms with Crippen LogP contribution in [0.15, 0.2) is 0 Å². The van der Waals surface area contributed by atoms with Crippen LogP contribution >= 0.6 is 0 Å². The average Bonchev–Trinajstić information content (AvgIpc) is 2.50. The van der Waals surface area contributed by atoms with E-state index in [0.29, 0.717) is 18.6 Å². The molecule has 0 bridgehead atoms. The van der Waals surface area contributed by atoms with Crippen LogP contribution in [-0.4, -0.2) is 18.9 Å². The van der Waals surface area contributed by atoms with E-state index in [4.69, 9.17) is 0 Å². The van der Waals surface area contributed by atoms with E-state index in [1.807, 2.05) is 6.92 Å². The van der Waals surface area contributed by atoms with Crippen molar-refractivity contribution >= 4 is 11.8 Å². The van der Waals surface area contributed by atoms with Crippen LogP contribution in [-0.2, 0) is 14.3 Å². The number of hydrogen-bond donors (Lipinski definition) is 0. The first-order chi connectivity index (χ1) is 6.15. The summed E-state index contributed by atoms with van der Waals surface area (Å²) in [6.45, 7) is 1.82. The van der Waals surface area contributed by atoms with Crippen molar-refractivity contribution in [2.24, 2.45) is 11.8 Å². The molecule has 74 valence electrons. The zero-order valence-electron chi connectivity index (χ0n) is 8.21. The Hall–Kier alpha value is -0.860. The minimum atomic E-state index is -0.209. The van der Waals surface area contributed by atoms with E-state index in [9.17, 15) is 9.59 Å². The Bertz CT molecular complexity index is 210. The second-order valence-electron chi connectivity index (χ2n) is 3.72. The third kappa shape index (κ3) is 2.54. The fraction of sp³-hybridized carbons (Fsp3) is 0.800. The number of Topliss-reactive ketones (excluding diaryl/α,β-unsaturated/α-hetero) is 1. The molecule has 1 fully saturated rings. The van der Waals surface area contributed by atoms with Crippen LogP contribution in [0.4, 0.5) is 0 Å². The number of ether oxygens (including phenoxy) is 1. The Balaban J connectivity index is 2.39. The highest BCUT2D eigenvalue weighted by Gasteiger charge is 2.28. The van der Waals surface area contributed by atoms with Gasteiger partial charge in [0.15, 0.2) is 0 Å². The topological polar surface area (TPSA) is 43.4 Å². The van der Waals surface area contributed by atoms with E-state index in [0.717, 1.165) is 12.8 Å². The molecule has 0 amide bonds. The summed E-state index contributed by atoms with van der Waals surface area (Å²) in [5.74, 6) is 0.0709. The van der Waals surface area contributed by atoms with Gasteiger partial charge in [0.1, 0.15) is 5.78 Å². The van der Waals surface area contributed by atoms with Gasteiger partial charge < -0.3 is 4.74 Å². The average molecular weight is 184 g/mol. The largest absolute Gasteiger partial charge is 0.469 e. The molecule has 0 aromatic rings. The van der Waals surface area contributed by atoms with E-state index in [-0.39, 0.29) is 17.8 Å². The SMILES string of the molecule is COC(=O)[C@@H](C)CC1CCCC1=O. The number of esters is 1. The summed E-state index contributed by atoms with van der Waals surface area (Å²) < 4.78 is 4.61. The highest BCUT2D eigenvalue weighted by molar-refractivity contribution is 5.83. The minimum Gasteiger partial charge on any atom is -0.469 e. The lowest BCUT2D eigenvalue weighted by molar-refractivity contribution is -0.145. The Morgan fingerprint density at radius 2 is 2.38 bits per heavy atom.